The van der Waals surface area contributed by atoms with Gasteiger partial charge in [0.25, 0.3) is 5.91 Å². The lowest BCUT2D eigenvalue weighted by molar-refractivity contribution is -0.119. The summed E-state index contributed by atoms with van der Waals surface area (Å²) in [5, 5.41) is 12.1. The number of hydrogen-bond donors (Lipinski definition) is 2. The van der Waals surface area contributed by atoms with Gasteiger partial charge in [-0.25, -0.2) is 0 Å². The third-order valence-corrected chi connectivity index (χ3v) is 4.64. The SMILES string of the molecule is CC(=O)NCc1ccc(C(=O)N2CCN(CC(C)O)CC2)s1. The van der Waals surface area contributed by atoms with Gasteiger partial charge in [0.1, 0.15) is 0 Å². The maximum absolute atomic E-state index is 12.5. The number of aliphatic hydroxyl groups is 1. The van der Waals surface area contributed by atoms with Crippen molar-refractivity contribution in [3.8, 4) is 0 Å². The zero-order valence-corrected chi connectivity index (χ0v) is 13.9. The van der Waals surface area contributed by atoms with Gasteiger partial charge in [0.15, 0.2) is 0 Å². The highest BCUT2D eigenvalue weighted by Crippen LogP contribution is 2.19. The highest BCUT2D eigenvalue weighted by atomic mass is 32.1. The Morgan fingerprint density at radius 1 is 1.32 bits per heavy atom. The molecule has 22 heavy (non-hydrogen) atoms. The van der Waals surface area contributed by atoms with Crippen LogP contribution in [0, 0.1) is 0 Å². The van der Waals surface area contributed by atoms with Crippen LogP contribution in [0.15, 0.2) is 12.1 Å². The van der Waals surface area contributed by atoms with Crippen molar-refractivity contribution in [2.75, 3.05) is 32.7 Å². The summed E-state index contributed by atoms with van der Waals surface area (Å²) in [5.74, 6) is -0.0220. The molecular weight excluding hydrogens is 302 g/mol. The number of β-amino-alcohol motifs (C(OH)–C–C–N with tert-alkyl or cyclic N) is 1. The third kappa shape index (κ3) is 4.79. The molecule has 122 valence electrons. The number of nitrogens with zero attached hydrogens (tertiary/aromatic N) is 2. The van der Waals surface area contributed by atoms with Crippen molar-refractivity contribution in [3.05, 3.63) is 21.9 Å². The Labute approximate surface area is 134 Å². The summed E-state index contributed by atoms with van der Waals surface area (Å²) in [4.78, 5) is 29.1. The minimum absolute atomic E-state index is 0.0516. The van der Waals surface area contributed by atoms with Gasteiger partial charge in [-0.1, -0.05) is 0 Å². The first kappa shape index (κ1) is 16.9. The predicted octanol–water partition coefficient (Wildman–Crippen LogP) is 0.523. The molecule has 2 heterocycles. The van der Waals surface area contributed by atoms with Crippen molar-refractivity contribution < 1.29 is 14.7 Å². The van der Waals surface area contributed by atoms with E-state index in [1.807, 2.05) is 17.0 Å². The summed E-state index contributed by atoms with van der Waals surface area (Å²) >= 11 is 1.43. The van der Waals surface area contributed by atoms with Crippen molar-refractivity contribution in [3.63, 3.8) is 0 Å². The molecule has 0 radical (unpaired) electrons. The second-order valence-electron chi connectivity index (χ2n) is 5.62. The molecule has 0 saturated carbocycles. The molecule has 1 fully saturated rings. The monoisotopic (exact) mass is 325 g/mol. The van der Waals surface area contributed by atoms with E-state index in [0.29, 0.717) is 31.1 Å². The summed E-state index contributed by atoms with van der Waals surface area (Å²) in [5.41, 5.74) is 0. The van der Waals surface area contributed by atoms with Crippen molar-refractivity contribution in [1.82, 2.24) is 15.1 Å². The van der Waals surface area contributed by atoms with Gasteiger partial charge in [-0.2, -0.15) is 0 Å². The molecule has 1 unspecified atom stereocenters. The molecular formula is C15H23N3O3S. The summed E-state index contributed by atoms with van der Waals surface area (Å²) in [6.07, 6.45) is -0.337. The van der Waals surface area contributed by atoms with Crippen LogP contribution in [-0.4, -0.2) is 65.5 Å². The fourth-order valence-corrected chi connectivity index (χ4v) is 3.38. The van der Waals surface area contributed by atoms with Gasteiger partial charge in [0.2, 0.25) is 5.91 Å². The molecule has 0 bridgehead atoms. The average Bonchev–Trinajstić information content (AvgIpc) is 2.93. The Morgan fingerprint density at radius 2 is 2.00 bits per heavy atom. The minimum Gasteiger partial charge on any atom is -0.392 e. The molecule has 0 aliphatic carbocycles. The molecule has 1 atom stereocenters. The standard InChI is InChI=1S/C15H23N3O3S/c1-11(19)10-17-5-7-18(8-6-17)15(21)14-4-3-13(22-14)9-16-12(2)20/h3-4,11,19H,5-10H2,1-2H3,(H,16,20). The first-order chi connectivity index (χ1) is 10.5. The smallest absolute Gasteiger partial charge is 0.264 e. The molecule has 2 amide bonds. The van der Waals surface area contributed by atoms with Crippen LogP contribution in [0.5, 0.6) is 0 Å². The van der Waals surface area contributed by atoms with Crippen LogP contribution in [0.4, 0.5) is 0 Å². The number of aliphatic hydroxyl groups excluding tert-OH is 1. The summed E-state index contributed by atoms with van der Waals surface area (Å²) in [6, 6.07) is 3.71. The molecule has 0 spiro atoms. The van der Waals surface area contributed by atoms with E-state index in [1.54, 1.807) is 6.92 Å². The Hall–Kier alpha value is -1.44. The third-order valence-electron chi connectivity index (χ3n) is 3.57. The van der Waals surface area contributed by atoms with E-state index in [1.165, 1.54) is 18.3 Å². The number of carbonyl (C=O) groups excluding carboxylic acids is 2. The number of thiophene rings is 1. The van der Waals surface area contributed by atoms with E-state index < -0.39 is 0 Å². The Bertz CT molecular complexity index is 522. The average molecular weight is 325 g/mol. The van der Waals surface area contributed by atoms with Gasteiger partial charge in [-0.15, -0.1) is 11.3 Å². The highest BCUT2D eigenvalue weighted by molar-refractivity contribution is 7.14. The topological polar surface area (TPSA) is 72.9 Å². The van der Waals surface area contributed by atoms with Crippen molar-refractivity contribution in [2.45, 2.75) is 26.5 Å². The largest absolute Gasteiger partial charge is 0.392 e. The van der Waals surface area contributed by atoms with Crippen LogP contribution in [0.3, 0.4) is 0 Å². The van der Waals surface area contributed by atoms with Crippen molar-refractivity contribution in [1.29, 1.82) is 0 Å². The van der Waals surface area contributed by atoms with Gasteiger partial charge in [0.05, 0.1) is 17.5 Å². The summed E-state index contributed by atoms with van der Waals surface area (Å²) in [7, 11) is 0. The first-order valence-electron chi connectivity index (χ1n) is 7.48. The lowest BCUT2D eigenvalue weighted by atomic mass is 10.2. The molecule has 1 aliphatic heterocycles. The molecule has 6 nitrogen and oxygen atoms in total. The fourth-order valence-electron chi connectivity index (χ4n) is 2.46. The maximum atomic E-state index is 12.5. The lowest BCUT2D eigenvalue weighted by Crippen LogP contribution is -2.50. The maximum Gasteiger partial charge on any atom is 0.264 e. The van der Waals surface area contributed by atoms with Gasteiger partial charge in [0, 0.05) is 44.5 Å². The summed E-state index contributed by atoms with van der Waals surface area (Å²) in [6.45, 7) is 7.33. The number of nitrogens with one attached hydrogen (secondary N) is 1. The number of hydrogen-bond acceptors (Lipinski definition) is 5. The zero-order chi connectivity index (χ0) is 16.1. The number of carbonyl (C=O) groups is 2. The molecule has 1 aliphatic rings. The number of amides is 2. The second kappa shape index (κ2) is 7.71. The van der Waals surface area contributed by atoms with Crippen molar-refractivity contribution >= 4 is 23.2 Å². The van der Waals surface area contributed by atoms with E-state index in [9.17, 15) is 14.7 Å². The Morgan fingerprint density at radius 3 is 2.59 bits per heavy atom. The normalized spacial score (nSPS) is 17.3. The first-order valence-corrected chi connectivity index (χ1v) is 8.30. The lowest BCUT2D eigenvalue weighted by Gasteiger charge is -2.35. The van der Waals surface area contributed by atoms with E-state index in [4.69, 9.17) is 0 Å². The summed E-state index contributed by atoms with van der Waals surface area (Å²) < 4.78 is 0. The molecule has 1 aromatic heterocycles. The van der Waals surface area contributed by atoms with Gasteiger partial charge < -0.3 is 15.3 Å². The van der Waals surface area contributed by atoms with Gasteiger partial charge >= 0.3 is 0 Å². The van der Waals surface area contributed by atoms with Crippen LogP contribution >= 0.6 is 11.3 Å². The second-order valence-corrected chi connectivity index (χ2v) is 6.79. The van der Waals surface area contributed by atoms with E-state index in [-0.39, 0.29) is 17.9 Å². The van der Waals surface area contributed by atoms with E-state index in [2.05, 4.69) is 10.2 Å². The molecule has 1 aromatic rings. The van der Waals surface area contributed by atoms with Gasteiger partial charge in [-0.3, -0.25) is 14.5 Å². The fraction of sp³-hybridized carbons (Fsp3) is 0.600. The van der Waals surface area contributed by atoms with E-state index >= 15 is 0 Å². The quantitative estimate of drug-likeness (QED) is 0.828. The van der Waals surface area contributed by atoms with E-state index in [0.717, 1.165) is 18.0 Å². The zero-order valence-electron chi connectivity index (χ0n) is 13.0. The van der Waals surface area contributed by atoms with Crippen LogP contribution < -0.4 is 5.32 Å². The Kier molecular flexibility index (Phi) is 5.93. The van der Waals surface area contributed by atoms with Crippen LogP contribution in [0.2, 0.25) is 0 Å². The molecule has 2 rings (SSSR count). The molecule has 2 N–H and O–H groups in total. The van der Waals surface area contributed by atoms with Crippen LogP contribution in [0.1, 0.15) is 28.4 Å². The molecule has 7 heteroatoms. The van der Waals surface area contributed by atoms with Crippen LogP contribution in [0.25, 0.3) is 0 Å². The number of piperazine rings is 1. The number of rotatable bonds is 5. The minimum atomic E-state index is -0.337. The highest BCUT2D eigenvalue weighted by Gasteiger charge is 2.23. The predicted molar refractivity (Wildman–Crippen MR) is 85.9 cm³/mol. The Balaban J connectivity index is 1.86. The molecule has 0 aromatic carbocycles. The molecule has 1 saturated heterocycles. The van der Waals surface area contributed by atoms with Crippen molar-refractivity contribution in [2.24, 2.45) is 0 Å². The van der Waals surface area contributed by atoms with Gasteiger partial charge in [-0.05, 0) is 19.1 Å². The van der Waals surface area contributed by atoms with Crippen LogP contribution in [-0.2, 0) is 11.3 Å².